The lowest BCUT2D eigenvalue weighted by Gasteiger charge is -2.38. The van der Waals surface area contributed by atoms with Crippen molar-refractivity contribution in [3.8, 4) is 0 Å². The SMILES string of the molecule is CCCCNC(N)=NCC(C(C)C)N1CCC(C)CC1.I. The largest absolute Gasteiger partial charge is 0.370 e. The van der Waals surface area contributed by atoms with Gasteiger partial charge in [0.1, 0.15) is 0 Å². The molecule has 0 aromatic rings. The Morgan fingerprint density at radius 2 is 1.95 bits per heavy atom. The van der Waals surface area contributed by atoms with Crippen LogP contribution in [0.2, 0.25) is 0 Å². The van der Waals surface area contributed by atoms with E-state index in [1.807, 2.05) is 0 Å². The number of piperidine rings is 1. The molecule has 1 unspecified atom stereocenters. The molecule has 1 saturated heterocycles. The quantitative estimate of drug-likeness (QED) is 0.294. The molecular weight excluding hydrogens is 375 g/mol. The number of nitrogens with zero attached hydrogens (tertiary/aromatic N) is 2. The number of hydrogen-bond donors (Lipinski definition) is 2. The van der Waals surface area contributed by atoms with Crippen molar-refractivity contribution in [2.24, 2.45) is 22.6 Å². The Balaban J connectivity index is 0.00000400. The topological polar surface area (TPSA) is 53.6 Å². The lowest BCUT2D eigenvalue weighted by molar-refractivity contribution is 0.113. The molecule has 1 heterocycles. The fourth-order valence-corrected chi connectivity index (χ4v) is 2.75. The molecule has 0 aliphatic carbocycles. The summed E-state index contributed by atoms with van der Waals surface area (Å²) >= 11 is 0. The summed E-state index contributed by atoms with van der Waals surface area (Å²) < 4.78 is 0. The highest BCUT2D eigenvalue weighted by atomic mass is 127. The predicted molar refractivity (Wildman–Crippen MR) is 103 cm³/mol. The van der Waals surface area contributed by atoms with Gasteiger partial charge >= 0.3 is 0 Å². The van der Waals surface area contributed by atoms with E-state index in [1.54, 1.807) is 0 Å². The maximum Gasteiger partial charge on any atom is 0.188 e. The molecule has 0 aromatic carbocycles. The van der Waals surface area contributed by atoms with Crippen molar-refractivity contribution in [3.05, 3.63) is 0 Å². The summed E-state index contributed by atoms with van der Waals surface area (Å²) in [4.78, 5) is 7.16. The van der Waals surface area contributed by atoms with Crippen molar-refractivity contribution in [2.75, 3.05) is 26.2 Å². The summed E-state index contributed by atoms with van der Waals surface area (Å²) in [6.07, 6.45) is 4.96. The van der Waals surface area contributed by atoms with E-state index >= 15 is 0 Å². The van der Waals surface area contributed by atoms with Gasteiger partial charge in [0, 0.05) is 12.6 Å². The summed E-state index contributed by atoms with van der Waals surface area (Å²) in [5.74, 6) is 2.11. The van der Waals surface area contributed by atoms with Crippen LogP contribution in [-0.4, -0.2) is 43.1 Å². The van der Waals surface area contributed by atoms with Crippen LogP contribution in [0, 0.1) is 11.8 Å². The smallest absolute Gasteiger partial charge is 0.188 e. The summed E-state index contributed by atoms with van der Waals surface area (Å²) in [5, 5.41) is 3.20. The van der Waals surface area contributed by atoms with Crippen LogP contribution in [0.25, 0.3) is 0 Å². The monoisotopic (exact) mass is 410 g/mol. The second kappa shape index (κ2) is 11.5. The van der Waals surface area contributed by atoms with Crippen LogP contribution in [0.5, 0.6) is 0 Å². The molecule has 1 aliphatic rings. The highest BCUT2D eigenvalue weighted by Crippen LogP contribution is 2.21. The Morgan fingerprint density at radius 1 is 1.33 bits per heavy atom. The van der Waals surface area contributed by atoms with Gasteiger partial charge in [-0.1, -0.05) is 34.1 Å². The first-order valence-electron chi connectivity index (χ1n) is 8.32. The van der Waals surface area contributed by atoms with E-state index in [0.717, 1.165) is 25.4 Å². The molecule has 0 bridgehead atoms. The maximum absolute atomic E-state index is 5.93. The van der Waals surface area contributed by atoms with Gasteiger partial charge < -0.3 is 11.1 Å². The molecule has 0 amide bonds. The first-order chi connectivity index (χ1) is 9.54. The summed E-state index contributed by atoms with van der Waals surface area (Å²) in [6, 6.07) is 0.522. The van der Waals surface area contributed by atoms with Crippen LogP contribution in [0.4, 0.5) is 0 Å². The molecule has 0 radical (unpaired) electrons. The van der Waals surface area contributed by atoms with Crippen LogP contribution in [0.1, 0.15) is 53.4 Å². The van der Waals surface area contributed by atoms with Gasteiger partial charge in [-0.2, -0.15) is 0 Å². The molecule has 1 fully saturated rings. The Kier molecular flexibility index (Phi) is 11.5. The van der Waals surface area contributed by atoms with Crippen LogP contribution < -0.4 is 11.1 Å². The van der Waals surface area contributed by atoms with E-state index in [-0.39, 0.29) is 24.0 Å². The van der Waals surface area contributed by atoms with E-state index in [4.69, 9.17) is 5.73 Å². The molecule has 126 valence electrons. The average Bonchev–Trinajstić information content (AvgIpc) is 2.41. The van der Waals surface area contributed by atoms with Crippen molar-refractivity contribution in [1.29, 1.82) is 0 Å². The van der Waals surface area contributed by atoms with Crippen LogP contribution in [0.3, 0.4) is 0 Å². The zero-order valence-corrected chi connectivity index (χ0v) is 16.6. The van der Waals surface area contributed by atoms with Crippen molar-refractivity contribution >= 4 is 29.9 Å². The maximum atomic E-state index is 5.93. The zero-order valence-electron chi connectivity index (χ0n) is 14.3. The molecule has 1 atom stereocenters. The van der Waals surface area contributed by atoms with E-state index in [1.165, 1.54) is 32.4 Å². The highest BCUT2D eigenvalue weighted by molar-refractivity contribution is 14.0. The third-order valence-electron chi connectivity index (χ3n) is 4.34. The van der Waals surface area contributed by atoms with Gasteiger partial charge in [-0.05, 0) is 44.2 Å². The van der Waals surface area contributed by atoms with Gasteiger partial charge in [0.15, 0.2) is 5.96 Å². The van der Waals surface area contributed by atoms with E-state index in [0.29, 0.717) is 17.9 Å². The van der Waals surface area contributed by atoms with Gasteiger partial charge in [0.2, 0.25) is 0 Å². The Labute approximate surface area is 148 Å². The van der Waals surface area contributed by atoms with Gasteiger partial charge in [0.05, 0.1) is 6.54 Å². The fourth-order valence-electron chi connectivity index (χ4n) is 2.75. The van der Waals surface area contributed by atoms with E-state index in [2.05, 4.69) is 42.9 Å². The average molecular weight is 410 g/mol. The normalized spacial score (nSPS) is 19.4. The van der Waals surface area contributed by atoms with Crippen molar-refractivity contribution < 1.29 is 0 Å². The number of unbranched alkanes of at least 4 members (excludes halogenated alkanes) is 1. The molecule has 4 nitrogen and oxygen atoms in total. The Morgan fingerprint density at radius 3 is 2.48 bits per heavy atom. The first kappa shape index (κ1) is 21.0. The second-order valence-corrected chi connectivity index (χ2v) is 6.54. The number of hydrogen-bond acceptors (Lipinski definition) is 2. The van der Waals surface area contributed by atoms with Crippen molar-refractivity contribution in [2.45, 2.75) is 59.4 Å². The molecule has 21 heavy (non-hydrogen) atoms. The number of likely N-dealkylation sites (tertiary alicyclic amines) is 1. The van der Waals surface area contributed by atoms with Crippen LogP contribution >= 0.6 is 24.0 Å². The van der Waals surface area contributed by atoms with Gasteiger partial charge in [0.25, 0.3) is 0 Å². The molecule has 0 saturated carbocycles. The molecule has 1 aliphatic heterocycles. The molecule has 1 rings (SSSR count). The van der Waals surface area contributed by atoms with Gasteiger partial charge in [-0.25, -0.2) is 0 Å². The summed E-state index contributed by atoms with van der Waals surface area (Å²) in [6.45, 7) is 13.3. The third-order valence-corrected chi connectivity index (χ3v) is 4.34. The highest BCUT2D eigenvalue weighted by Gasteiger charge is 2.25. The minimum absolute atomic E-state index is 0. The van der Waals surface area contributed by atoms with E-state index < -0.39 is 0 Å². The van der Waals surface area contributed by atoms with E-state index in [9.17, 15) is 0 Å². The van der Waals surface area contributed by atoms with Crippen molar-refractivity contribution in [3.63, 3.8) is 0 Å². The fraction of sp³-hybridized carbons (Fsp3) is 0.938. The minimum atomic E-state index is 0. The number of guanidine groups is 1. The Hall–Kier alpha value is -0.0400. The molecule has 5 heteroatoms. The standard InChI is InChI=1S/C16H34N4.HI/c1-5-6-9-18-16(17)19-12-15(13(2)3)20-10-7-14(4)8-11-20;/h13-15H,5-12H2,1-4H3,(H3,17,18,19);1H. The molecular formula is C16H35IN4. The predicted octanol–water partition coefficient (Wildman–Crippen LogP) is 3.07. The number of aliphatic imine (C=N–C) groups is 1. The van der Waals surface area contributed by atoms with Crippen LogP contribution in [-0.2, 0) is 0 Å². The molecule has 0 spiro atoms. The lowest BCUT2D eigenvalue weighted by atomic mass is 9.94. The number of nitrogens with one attached hydrogen (secondary N) is 1. The van der Waals surface area contributed by atoms with Gasteiger partial charge in [-0.3, -0.25) is 9.89 Å². The second-order valence-electron chi connectivity index (χ2n) is 6.54. The third kappa shape index (κ3) is 8.24. The summed E-state index contributed by atoms with van der Waals surface area (Å²) in [7, 11) is 0. The first-order valence-corrected chi connectivity index (χ1v) is 8.32. The van der Waals surface area contributed by atoms with Crippen LogP contribution in [0.15, 0.2) is 4.99 Å². The summed E-state index contributed by atoms with van der Waals surface area (Å²) in [5.41, 5.74) is 5.93. The zero-order chi connectivity index (χ0) is 15.0. The number of rotatable bonds is 7. The molecule has 0 aromatic heterocycles. The van der Waals surface area contributed by atoms with Gasteiger partial charge in [-0.15, -0.1) is 24.0 Å². The Bertz CT molecular complexity index is 286. The van der Waals surface area contributed by atoms with Crippen molar-refractivity contribution in [1.82, 2.24) is 10.2 Å². The minimum Gasteiger partial charge on any atom is -0.370 e. The lowest BCUT2D eigenvalue weighted by Crippen LogP contribution is -2.46. The number of halogens is 1. The number of nitrogens with two attached hydrogens (primary N) is 1. The molecule has 3 N–H and O–H groups in total.